The van der Waals surface area contributed by atoms with E-state index in [1.165, 1.54) is 37.1 Å². The molecular weight excluding hydrogens is 184 g/mol. The number of rotatable bonds is 2. The zero-order valence-electron chi connectivity index (χ0n) is 9.45. The van der Waals surface area contributed by atoms with E-state index in [2.05, 4.69) is 36.1 Å². The average Bonchev–Trinajstić information content (AvgIpc) is 2.30. The molecule has 0 aliphatic carbocycles. The number of anilines is 1. The topological polar surface area (TPSA) is 29.3 Å². The van der Waals surface area contributed by atoms with Crippen molar-refractivity contribution < 1.29 is 0 Å². The third-order valence-electron chi connectivity index (χ3n) is 3.32. The maximum atomic E-state index is 5.78. The van der Waals surface area contributed by atoms with Crippen molar-refractivity contribution in [3.63, 3.8) is 0 Å². The molecule has 0 spiro atoms. The summed E-state index contributed by atoms with van der Waals surface area (Å²) in [7, 11) is 0. The number of hydrogen-bond donors (Lipinski definition) is 1. The highest BCUT2D eigenvalue weighted by Gasteiger charge is 2.19. The molecular formula is C13H20N2. The lowest BCUT2D eigenvalue weighted by Gasteiger charge is -2.36. The van der Waals surface area contributed by atoms with Crippen LogP contribution in [0.5, 0.6) is 0 Å². The molecule has 1 aliphatic rings. The standard InChI is InChI=1S/C13H20N2/c1-11-6-4-5-9-15(11)13-8-3-2-7-12(13)10-14/h2-3,7-8,11H,4-6,9-10,14H2,1H3/t11-/m1/s1. The molecule has 0 saturated carbocycles. The molecule has 1 aromatic rings. The third-order valence-corrected chi connectivity index (χ3v) is 3.32. The van der Waals surface area contributed by atoms with Crippen molar-refractivity contribution in [1.82, 2.24) is 0 Å². The van der Waals surface area contributed by atoms with Gasteiger partial charge in [0.1, 0.15) is 0 Å². The summed E-state index contributed by atoms with van der Waals surface area (Å²) in [6.07, 6.45) is 3.98. The summed E-state index contributed by atoms with van der Waals surface area (Å²) in [6.45, 7) is 4.13. The van der Waals surface area contributed by atoms with Crippen LogP contribution in [0.2, 0.25) is 0 Å². The van der Waals surface area contributed by atoms with Crippen LogP contribution in [0.25, 0.3) is 0 Å². The van der Waals surface area contributed by atoms with Gasteiger partial charge in [0.2, 0.25) is 0 Å². The van der Waals surface area contributed by atoms with Crippen LogP contribution in [0.4, 0.5) is 5.69 Å². The van der Waals surface area contributed by atoms with Crippen molar-refractivity contribution >= 4 is 5.69 Å². The van der Waals surface area contributed by atoms with Crippen LogP contribution in [-0.4, -0.2) is 12.6 Å². The summed E-state index contributed by atoms with van der Waals surface area (Å²) < 4.78 is 0. The van der Waals surface area contributed by atoms with Gasteiger partial charge in [0.05, 0.1) is 0 Å². The molecule has 1 aromatic carbocycles. The first-order valence-corrected chi connectivity index (χ1v) is 5.87. The summed E-state index contributed by atoms with van der Waals surface area (Å²) in [5.74, 6) is 0. The van der Waals surface area contributed by atoms with Gasteiger partial charge >= 0.3 is 0 Å². The second-order valence-electron chi connectivity index (χ2n) is 4.37. The van der Waals surface area contributed by atoms with E-state index in [-0.39, 0.29) is 0 Å². The molecule has 1 aliphatic heterocycles. The lowest BCUT2D eigenvalue weighted by Crippen LogP contribution is -2.38. The van der Waals surface area contributed by atoms with Crippen LogP contribution in [0.1, 0.15) is 31.7 Å². The summed E-state index contributed by atoms with van der Waals surface area (Å²) in [6, 6.07) is 9.17. The Labute approximate surface area is 92.1 Å². The smallest absolute Gasteiger partial charge is 0.0414 e. The van der Waals surface area contributed by atoms with Crippen LogP contribution in [-0.2, 0) is 6.54 Å². The summed E-state index contributed by atoms with van der Waals surface area (Å²) in [5.41, 5.74) is 8.39. The monoisotopic (exact) mass is 204 g/mol. The van der Waals surface area contributed by atoms with E-state index in [4.69, 9.17) is 5.73 Å². The van der Waals surface area contributed by atoms with Gasteiger partial charge in [-0.05, 0) is 37.8 Å². The Morgan fingerprint density at radius 1 is 1.33 bits per heavy atom. The number of hydrogen-bond acceptors (Lipinski definition) is 2. The number of nitrogens with two attached hydrogens (primary N) is 1. The average molecular weight is 204 g/mol. The van der Waals surface area contributed by atoms with Crippen molar-refractivity contribution in [2.75, 3.05) is 11.4 Å². The maximum absolute atomic E-state index is 5.78. The highest BCUT2D eigenvalue weighted by Crippen LogP contribution is 2.27. The minimum Gasteiger partial charge on any atom is -0.369 e. The molecule has 0 aromatic heterocycles. The minimum absolute atomic E-state index is 0.638. The van der Waals surface area contributed by atoms with Gasteiger partial charge in [-0.15, -0.1) is 0 Å². The molecule has 0 bridgehead atoms. The molecule has 15 heavy (non-hydrogen) atoms. The van der Waals surface area contributed by atoms with Crippen LogP contribution >= 0.6 is 0 Å². The molecule has 1 fully saturated rings. The predicted octanol–water partition coefficient (Wildman–Crippen LogP) is 2.52. The van der Waals surface area contributed by atoms with Gasteiger partial charge in [0.15, 0.2) is 0 Å². The first kappa shape index (κ1) is 10.5. The Hall–Kier alpha value is -1.02. The lowest BCUT2D eigenvalue weighted by molar-refractivity contribution is 0.484. The molecule has 0 unspecified atom stereocenters. The molecule has 0 radical (unpaired) electrons. The van der Waals surface area contributed by atoms with Crippen molar-refractivity contribution in [3.8, 4) is 0 Å². The first-order chi connectivity index (χ1) is 7.33. The van der Waals surface area contributed by atoms with Crippen LogP contribution in [0, 0.1) is 0 Å². The van der Waals surface area contributed by atoms with E-state index >= 15 is 0 Å². The summed E-state index contributed by atoms with van der Waals surface area (Å²) in [4.78, 5) is 2.51. The van der Waals surface area contributed by atoms with Gasteiger partial charge in [0.25, 0.3) is 0 Å². The fraction of sp³-hybridized carbons (Fsp3) is 0.538. The van der Waals surface area contributed by atoms with Crippen LogP contribution in [0.3, 0.4) is 0 Å². The molecule has 1 heterocycles. The molecule has 82 valence electrons. The van der Waals surface area contributed by atoms with Gasteiger partial charge in [-0.3, -0.25) is 0 Å². The number of benzene rings is 1. The van der Waals surface area contributed by atoms with E-state index in [1.54, 1.807) is 0 Å². The van der Waals surface area contributed by atoms with Crippen LogP contribution in [0.15, 0.2) is 24.3 Å². The zero-order chi connectivity index (χ0) is 10.7. The fourth-order valence-corrected chi connectivity index (χ4v) is 2.42. The Kier molecular flexibility index (Phi) is 3.27. The lowest BCUT2D eigenvalue weighted by atomic mass is 10.0. The summed E-state index contributed by atoms with van der Waals surface area (Å²) in [5, 5.41) is 0. The van der Waals surface area contributed by atoms with Gasteiger partial charge < -0.3 is 10.6 Å². The van der Waals surface area contributed by atoms with E-state index in [9.17, 15) is 0 Å². The van der Waals surface area contributed by atoms with Crippen molar-refractivity contribution in [3.05, 3.63) is 29.8 Å². The Bertz CT molecular complexity index is 322. The second-order valence-corrected chi connectivity index (χ2v) is 4.37. The Balaban J connectivity index is 2.26. The van der Waals surface area contributed by atoms with Gasteiger partial charge in [-0.25, -0.2) is 0 Å². The molecule has 1 saturated heterocycles. The van der Waals surface area contributed by atoms with Crippen molar-refractivity contribution in [2.24, 2.45) is 5.73 Å². The number of para-hydroxylation sites is 1. The highest BCUT2D eigenvalue weighted by atomic mass is 15.2. The van der Waals surface area contributed by atoms with Crippen molar-refractivity contribution in [2.45, 2.75) is 38.8 Å². The normalized spacial score (nSPS) is 21.7. The van der Waals surface area contributed by atoms with Gasteiger partial charge in [-0.2, -0.15) is 0 Å². The fourth-order valence-electron chi connectivity index (χ4n) is 2.42. The molecule has 0 amide bonds. The SMILES string of the molecule is C[C@@H]1CCCCN1c1ccccc1CN. The molecule has 2 heteroatoms. The largest absolute Gasteiger partial charge is 0.369 e. The van der Waals surface area contributed by atoms with Gasteiger partial charge in [-0.1, -0.05) is 18.2 Å². The molecule has 2 nitrogen and oxygen atoms in total. The number of nitrogens with zero attached hydrogens (tertiary/aromatic N) is 1. The second kappa shape index (κ2) is 4.67. The Morgan fingerprint density at radius 3 is 2.87 bits per heavy atom. The highest BCUT2D eigenvalue weighted by molar-refractivity contribution is 5.54. The van der Waals surface area contributed by atoms with Crippen molar-refractivity contribution in [1.29, 1.82) is 0 Å². The van der Waals surface area contributed by atoms with Gasteiger partial charge in [0, 0.05) is 24.8 Å². The quantitative estimate of drug-likeness (QED) is 0.802. The predicted molar refractivity (Wildman–Crippen MR) is 65.0 cm³/mol. The molecule has 2 N–H and O–H groups in total. The van der Waals surface area contributed by atoms with Crippen LogP contribution < -0.4 is 10.6 Å². The summed E-state index contributed by atoms with van der Waals surface area (Å²) >= 11 is 0. The van der Waals surface area contributed by atoms with E-state index in [0.29, 0.717) is 12.6 Å². The zero-order valence-corrected chi connectivity index (χ0v) is 9.45. The van der Waals surface area contributed by atoms with E-state index in [0.717, 1.165) is 0 Å². The Morgan fingerprint density at radius 2 is 2.13 bits per heavy atom. The molecule has 1 atom stereocenters. The maximum Gasteiger partial charge on any atom is 0.0414 e. The van der Waals surface area contributed by atoms with E-state index < -0.39 is 0 Å². The molecule has 2 rings (SSSR count). The third kappa shape index (κ3) is 2.15. The minimum atomic E-state index is 0.638. The first-order valence-electron chi connectivity index (χ1n) is 5.87. The number of piperidine rings is 1. The van der Waals surface area contributed by atoms with E-state index in [1.807, 2.05) is 0 Å².